The molecule has 0 aromatic carbocycles. The van der Waals surface area contributed by atoms with Crippen LogP contribution in [0.5, 0.6) is 0 Å². The van der Waals surface area contributed by atoms with E-state index in [-0.39, 0.29) is 18.3 Å². The lowest BCUT2D eigenvalue weighted by molar-refractivity contribution is 0.0878. The van der Waals surface area contributed by atoms with E-state index in [4.69, 9.17) is 21.2 Å². The molecule has 0 saturated heterocycles. The summed E-state index contributed by atoms with van der Waals surface area (Å²) in [5.74, 6) is -0.546. The van der Waals surface area contributed by atoms with Gasteiger partial charge in [0.1, 0.15) is 0 Å². The number of aliphatic hydroxyl groups is 1. The van der Waals surface area contributed by atoms with Gasteiger partial charge >= 0.3 is 11.8 Å². The molecule has 2 heterocycles. The topological polar surface area (TPSA) is 101 Å². The summed E-state index contributed by atoms with van der Waals surface area (Å²) < 4.78 is 4.94. The molecule has 2 aromatic heterocycles. The second-order valence-corrected chi connectivity index (χ2v) is 5.31. The SMILES string of the molecule is C[C@H](CO)NC(=O)c1nc(-c2cnc3c(c2Cl)C=CC3)no1. The standard InChI is InChI=1S/C14H13ClN4O3/c1-7(6-20)17-13(21)14-18-12(19-22-14)9-5-16-10-4-2-3-8(10)11(9)15/h2-3,5,7,20H,4,6H2,1H3,(H,17,21)/t7-/m1/s1. The second kappa shape index (κ2) is 5.86. The first-order valence-electron chi connectivity index (χ1n) is 6.70. The summed E-state index contributed by atoms with van der Waals surface area (Å²) in [4.78, 5) is 20.2. The number of hydrogen-bond acceptors (Lipinski definition) is 6. The predicted octanol–water partition coefficient (Wildman–Crippen LogP) is 1.46. The maximum absolute atomic E-state index is 11.9. The third kappa shape index (κ3) is 2.60. The Hall–Kier alpha value is -2.25. The third-order valence-corrected chi connectivity index (χ3v) is 3.65. The lowest BCUT2D eigenvalue weighted by Gasteiger charge is -2.07. The van der Waals surface area contributed by atoms with Gasteiger partial charge in [-0.25, -0.2) is 0 Å². The number of carbonyl (C=O) groups excluding carboxylic acids is 1. The van der Waals surface area contributed by atoms with Crippen LogP contribution in [0, 0.1) is 0 Å². The number of amides is 1. The lowest BCUT2D eigenvalue weighted by Crippen LogP contribution is -2.35. The molecule has 1 atom stereocenters. The fraction of sp³-hybridized carbons (Fsp3) is 0.286. The lowest BCUT2D eigenvalue weighted by atomic mass is 10.1. The van der Waals surface area contributed by atoms with Gasteiger partial charge in [-0.1, -0.05) is 28.9 Å². The molecule has 0 saturated carbocycles. The van der Waals surface area contributed by atoms with E-state index in [1.165, 1.54) is 0 Å². The van der Waals surface area contributed by atoms with Crippen LogP contribution in [0.25, 0.3) is 17.5 Å². The van der Waals surface area contributed by atoms with Crippen molar-refractivity contribution in [3.63, 3.8) is 0 Å². The van der Waals surface area contributed by atoms with Crippen molar-refractivity contribution in [2.45, 2.75) is 19.4 Å². The van der Waals surface area contributed by atoms with E-state index >= 15 is 0 Å². The van der Waals surface area contributed by atoms with E-state index in [0.717, 1.165) is 17.7 Å². The number of nitrogens with one attached hydrogen (secondary N) is 1. The summed E-state index contributed by atoms with van der Waals surface area (Å²) in [5, 5.41) is 15.7. The molecule has 0 fully saturated rings. The minimum atomic E-state index is -0.551. The first-order chi connectivity index (χ1) is 10.6. The Kier molecular flexibility index (Phi) is 3.91. The maximum atomic E-state index is 11.9. The highest BCUT2D eigenvalue weighted by molar-refractivity contribution is 6.34. The monoisotopic (exact) mass is 320 g/mol. The van der Waals surface area contributed by atoms with E-state index in [1.807, 2.05) is 12.2 Å². The van der Waals surface area contributed by atoms with Gasteiger partial charge in [-0.15, -0.1) is 0 Å². The Morgan fingerprint density at radius 1 is 1.59 bits per heavy atom. The van der Waals surface area contributed by atoms with Crippen molar-refractivity contribution >= 4 is 23.6 Å². The Labute approximate surface area is 131 Å². The third-order valence-electron chi connectivity index (χ3n) is 3.24. The zero-order valence-electron chi connectivity index (χ0n) is 11.7. The van der Waals surface area contributed by atoms with Crippen LogP contribution in [0.15, 0.2) is 16.8 Å². The van der Waals surface area contributed by atoms with Crippen LogP contribution in [0.2, 0.25) is 5.02 Å². The minimum Gasteiger partial charge on any atom is -0.394 e. The number of carbonyl (C=O) groups is 1. The molecule has 3 rings (SSSR count). The molecule has 0 unspecified atom stereocenters. The zero-order valence-corrected chi connectivity index (χ0v) is 12.5. The Morgan fingerprint density at radius 3 is 3.18 bits per heavy atom. The molecule has 7 nitrogen and oxygen atoms in total. The predicted molar refractivity (Wildman–Crippen MR) is 79.3 cm³/mol. The molecule has 0 aliphatic heterocycles. The fourth-order valence-electron chi connectivity index (χ4n) is 2.07. The van der Waals surface area contributed by atoms with Crippen LogP contribution in [0.1, 0.15) is 28.9 Å². The van der Waals surface area contributed by atoms with Gasteiger partial charge in [-0.3, -0.25) is 9.78 Å². The van der Waals surface area contributed by atoms with Gasteiger partial charge < -0.3 is 14.9 Å². The smallest absolute Gasteiger partial charge is 0.316 e. The number of aliphatic hydroxyl groups excluding tert-OH is 1. The number of fused-ring (bicyclic) bond motifs is 1. The molecule has 1 aliphatic rings. The van der Waals surface area contributed by atoms with Crippen LogP contribution < -0.4 is 5.32 Å². The fourth-order valence-corrected chi connectivity index (χ4v) is 2.38. The largest absolute Gasteiger partial charge is 0.394 e. The van der Waals surface area contributed by atoms with Crippen LogP contribution in [-0.2, 0) is 6.42 Å². The Bertz CT molecular complexity index is 757. The van der Waals surface area contributed by atoms with Crippen molar-refractivity contribution in [2.24, 2.45) is 0 Å². The van der Waals surface area contributed by atoms with Crippen LogP contribution in [-0.4, -0.2) is 38.8 Å². The number of aromatic nitrogens is 3. The highest BCUT2D eigenvalue weighted by atomic mass is 35.5. The van der Waals surface area contributed by atoms with Crippen LogP contribution in [0.4, 0.5) is 0 Å². The number of nitrogens with zero attached hydrogens (tertiary/aromatic N) is 3. The number of pyridine rings is 1. The summed E-state index contributed by atoms with van der Waals surface area (Å²) in [5.41, 5.74) is 2.24. The Balaban J connectivity index is 1.88. The van der Waals surface area contributed by atoms with Gasteiger partial charge in [-0.05, 0) is 6.92 Å². The highest BCUT2D eigenvalue weighted by Gasteiger charge is 2.21. The summed E-state index contributed by atoms with van der Waals surface area (Å²) >= 11 is 6.34. The molecule has 1 aliphatic carbocycles. The molecule has 114 valence electrons. The van der Waals surface area contributed by atoms with Crippen molar-refractivity contribution in [3.05, 3.63) is 34.4 Å². The first-order valence-corrected chi connectivity index (χ1v) is 7.07. The van der Waals surface area contributed by atoms with E-state index < -0.39 is 11.9 Å². The van der Waals surface area contributed by atoms with Crippen molar-refractivity contribution in [2.75, 3.05) is 6.61 Å². The zero-order chi connectivity index (χ0) is 15.7. The van der Waals surface area contributed by atoms with Crippen molar-refractivity contribution in [3.8, 4) is 11.4 Å². The summed E-state index contributed by atoms with van der Waals surface area (Å²) in [6, 6.07) is -0.404. The highest BCUT2D eigenvalue weighted by Crippen LogP contribution is 2.33. The molecule has 0 radical (unpaired) electrons. The van der Waals surface area contributed by atoms with E-state index in [1.54, 1.807) is 13.1 Å². The van der Waals surface area contributed by atoms with E-state index in [2.05, 4.69) is 20.4 Å². The minimum absolute atomic E-state index is 0.181. The van der Waals surface area contributed by atoms with Crippen molar-refractivity contribution in [1.82, 2.24) is 20.4 Å². The molecule has 0 bridgehead atoms. The molecule has 0 spiro atoms. The van der Waals surface area contributed by atoms with Gasteiger partial charge in [0, 0.05) is 24.2 Å². The van der Waals surface area contributed by atoms with Crippen molar-refractivity contribution < 1.29 is 14.4 Å². The number of allylic oxidation sites excluding steroid dienone is 1. The second-order valence-electron chi connectivity index (χ2n) is 4.93. The van der Waals surface area contributed by atoms with E-state index in [9.17, 15) is 4.79 Å². The normalized spacial score (nSPS) is 14.0. The molecular formula is C14H13ClN4O3. The molecule has 8 heteroatoms. The molecule has 22 heavy (non-hydrogen) atoms. The first kappa shape index (κ1) is 14.7. The molecule has 2 aromatic rings. The van der Waals surface area contributed by atoms with Gasteiger partial charge in [0.05, 0.1) is 22.9 Å². The molecule has 1 amide bonds. The maximum Gasteiger partial charge on any atom is 0.316 e. The average molecular weight is 321 g/mol. The van der Waals surface area contributed by atoms with Crippen LogP contribution in [0.3, 0.4) is 0 Å². The number of rotatable bonds is 4. The molecule has 2 N–H and O–H groups in total. The van der Waals surface area contributed by atoms with Crippen molar-refractivity contribution in [1.29, 1.82) is 0 Å². The average Bonchev–Trinajstić information content (AvgIpc) is 3.16. The van der Waals surface area contributed by atoms with E-state index in [0.29, 0.717) is 10.6 Å². The van der Waals surface area contributed by atoms with Gasteiger partial charge in [0.25, 0.3) is 0 Å². The molecular weight excluding hydrogens is 308 g/mol. The summed E-state index contributed by atoms with van der Waals surface area (Å²) in [6.07, 6.45) is 6.18. The quantitative estimate of drug-likeness (QED) is 0.884. The number of hydrogen-bond donors (Lipinski definition) is 2. The van der Waals surface area contributed by atoms with Crippen LogP contribution >= 0.6 is 11.6 Å². The van der Waals surface area contributed by atoms with Gasteiger partial charge in [0.2, 0.25) is 5.82 Å². The number of halogens is 1. The summed E-state index contributed by atoms with van der Waals surface area (Å²) in [6.45, 7) is 1.47. The van der Waals surface area contributed by atoms with Gasteiger partial charge in [-0.2, -0.15) is 4.98 Å². The van der Waals surface area contributed by atoms with Gasteiger partial charge in [0.15, 0.2) is 0 Å². The Morgan fingerprint density at radius 2 is 2.41 bits per heavy atom. The summed E-state index contributed by atoms with van der Waals surface area (Å²) in [7, 11) is 0.